The Balaban J connectivity index is 1.60. The van der Waals surface area contributed by atoms with Crippen molar-refractivity contribution in [1.82, 2.24) is 4.90 Å². The molecule has 0 radical (unpaired) electrons. The maximum absolute atomic E-state index is 12.5. The molecule has 0 aliphatic carbocycles. The number of primary amides is 1. The SMILES string of the molecule is COc1ccccc1NC(=O)c1ccc(NC(=O)[C@@H]2CCCN(C(N)=O)C2)cc1. The zero-order valence-corrected chi connectivity index (χ0v) is 16.2. The Hall–Kier alpha value is -3.55. The van der Waals surface area contributed by atoms with Crippen LogP contribution in [0.4, 0.5) is 16.2 Å². The monoisotopic (exact) mass is 396 g/mol. The maximum Gasteiger partial charge on any atom is 0.314 e. The van der Waals surface area contributed by atoms with Crippen molar-refractivity contribution < 1.29 is 19.1 Å². The number of carbonyl (C=O) groups is 3. The Kier molecular flexibility index (Phi) is 6.33. The number of para-hydroxylation sites is 2. The number of ether oxygens (including phenoxy) is 1. The van der Waals surface area contributed by atoms with E-state index in [4.69, 9.17) is 10.5 Å². The highest BCUT2D eigenvalue weighted by molar-refractivity contribution is 6.05. The molecule has 2 aromatic rings. The fourth-order valence-corrected chi connectivity index (χ4v) is 3.28. The summed E-state index contributed by atoms with van der Waals surface area (Å²) in [4.78, 5) is 37.8. The molecule has 0 saturated carbocycles. The number of likely N-dealkylation sites (tertiary alicyclic amines) is 1. The number of urea groups is 1. The van der Waals surface area contributed by atoms with E-state index in [1.807, 2.05) is 6.07 Å². The molecule has 3 rings (SSSR count). The zero-order chi connectivity index (χ0) is 20.8. The van der Waals surface area contributed by atoms with E-state index in [0.29, 0.717) is 42.2 Å². The molecule has 4 amide bonds. The first-order valence-corrected chi connectivity index (χ1v) is 9.37. The number of piperidine rings is 1. The Bertz CT molecular complexity index is 898. The van der Waals surface area contributed by atoms with Crippen molar-refractivity contribution in [3.8, 4) is 5.75 Å². The molecule has 1 aliphatic heterocycles. The molecule has 29 heavy (non-hydrogen) atoms. The lowest BCUT2D eigenvalue weighted by Gasteiger charge is -2.30. The van der Waals surface area contributed by atoms with Gasteiger partial charge in [0, 0.05) is 24.3 Å². The van der Waals surface area contributed by atoms with Gasteiger partial charge in [-0.1, -0.05) is 12.1 Å². The molecule has 0 aromatic heterocycles. The quantitative estimate of drug-likeness (QED) is 0.721. The van der Waals surface area contributed by atoms with Crippen LogP contribution in [-0.4, -0.2) is 42.9 Å². The summed E-state index contributed by atoms with van der Waals surface area (Å²) < 4.78 is 5.23. The highest BCUT2D eigenvalue weighted by atomic mass is 16.5. The standard InChI is InChI=1S/C21H24N4O4/c1-29-18-7-3-2-6-17(18)24-19(26)14-8-10-16(11-9-14)23-20(27)15-5-4-12-25(13-15)21(22)28/h2-3,6-11,15H,4-5,12-13H2,1H3,(H2,22,28)(H,23,27)(H,24,26)/t15-/m1/s1. The number of rotatable bonds is 5. The fraction of sp³-hybridized carbons (Fsp3) is 0.286. The van der Waals surface area contributed by atoms with Crippen LogP contribution >= 0.6 is 0 Å². The highest BCUT2D eigenvalue weighted by Crippen LogP contribution is 2.24. The predicted molar refractivity (Wildman–Crippen MR) is 110 cm³/mol. The minimum Gasteiger partial charge on any atom is -0.495 e. The number of nitrogens with zero attached hydrogens (tertiary/aromatic N) is 1. The van der Waals surface area contributed by atoms with E-state index < -0.39 is 6.03 Å². The third-order valence-corrected chi connectivity index (χ3v) is 4.87. The molecule has 1 fully saturated rings. The summed E-state index contributed by atoms with van der Waals surface area (Å²) >= 11 is 0. The number of benzene rings is 2. The number of anilines is 2. The number of nitrogens with one attached hydrogen (secondary N) is 2. The van der Waals surface area contributed by atoms with Crippen LogP contribution in [-0.2, 0) is 4.79 Å². The third-order valence-electron chi connectivity index (χ3n) is 4.87. The average molecular weight is 396 g/mol. The summed E-state index contributed by atoms with van der Waals surface area (Å²) in [7, 11) is 1.54. The number of carbonyl (C=O) groups excluding carboxylic acids is 3. The predicted octanol–water partition coefficient (Wildman–Crippen LogP) is 2.68. The Morgan fingerprint density at radius 2 is 1.79 bits per heavy atom. The van der Waals surface area contributed by atoms with Gasteiger partial charge in [-0.15, -0.1) is 0 Å². The molecule has 0 spiro atoms. The largest absolute Gasteiger partial charge is 0.495 e. The van der Waals surface area contributed by atoms with Crippen LogP contribution in [0.15, 0.2) is 48.5 Å². The molecule has 1 heterocycles. The van der Waals surface area contributed by atoms with Gasteiger partial charge in [-0.05, 0) is 49.2 Å². The van der Waals surface area contributed by atoms with Crippen LogP contribution in [0.5, 0.6) is 5.75 Å². The van der Waals surface area contributed by atoms with Gasteiger partial charge in [0.05, 0.1) is 18.7 Å². The van der Waals surface area contributed by atoms with E-state index in [1.54, 1.807) is 42.5 Å². The van der Waals surface area contributed by atoms with E-state index in [1.165, 1.54) is 12.0 Å². The van der Waals surface area contributed by atoms with Gasteiger partial charge in [0.25, 0.3) is 5.91 Å². The van der Waals surface area contributed by atoms with Crippen molar-refractivity contribution in [2.24, 2.45) is 11.7 Å². The van der Waals surface area contributed by atoms with Crippen LogP contribution in [0.1, 0.15) is 23.2 Å². The van der Waals surface area contributed by atoms with Gasteiger partial charge in [-0.3, -0.25) is 9.59 Å². The molecular weight excluding hydrogens is 372 g/mol. The topological polar surface area (TPSA) is 114 Å². The molecule has 8 heteroatoms. The Morgan fingerprint density at radius 1 is 1.07 bits per heavy atom. The van der Waals surface area contributed by atoms with Gasteiger partial charge in [-0.25, -0.2) is 4.79 Å². The molecule has 0 unspecified atom stereocenters. The lowest BCUT2D eigenvalue weighted by Crippen LogP contribution is -2.46. The summed E-state index contributed by atoms with van der Waals surface area (Å²) in [6, 6.07) is 13.3. The van der Waals surface area contributed by atoms with Crippen LogP contribution in [0.25, 0.3) is 0 Å². The first-order chi connectivity index (χ1) is 14.0. The van der Waals surface area contributed by atoms with Crippen LogP contribution < -0.4 is 21.1 Å². The number of nitrogens with two attached hydrogens (primary N) is 1. The lowest BCUT2D eigenvalue weighted by atomic mass is 9.97. The van der Waals surface area contributed by atoms with E-state index in [9.17, 15) is 14.4 Å². The van der Waals surface area contributed by atoms with E-state index >= 15 is 0 Å². The van der Waals surface area contributed by atoms with Gasteiger partial charge in [0.2, 0.25) is 5.91 Å². The first kappa shape index (κ1) is 20.2. The van der Waals surface area contributed by atoms with Gasteiger partial charge < -0.3 is 26.0 Å². The number of hydrogen-bond acceptors (Lipinski definition) is 4. The van der Waals surface area contributed by atoms with E-state index in [-0.39, 0.29) is 17.7 Å². The van der Waals surface area contributed by atoms with Crippen LogP contribution in [0, 0.1) is 5.92 Å². The zero-order valence-electron chi connectivity index (χ0n) is 16.2. The molecule has 1 atom stereocenters. The lowest BCUT2D eigenvalue weighted by molar-refractivity contribution is -0.121. The fourth-order valence-electron chi connectivity index (χ4n) is 3.28. The van der Waals surface area contributed by atoms with E-state index in [2.05, 4.69) is 10.6 Å². The molecular formula is C21H24N4O4. The summed E-state index contributed by atoms with van der Waals surface area (Å²) in [5.74, 6) is -0.175. The summed E-state index contributed by atoms with van der Waals surface area (Å²) in [6.07, 6.45) is 1.44. The number of amides is 4. The van der Waals surface area contributed by atoms with Crippen molar-refractivity contribution in [3.05, 3.63) is 54.1 Å². The molecule has 0 bridgehead atoms. The van der Waals surface area contributed by atoms with Gasteiger partial charge in [0.1, 0.15) is 5.75 Å². The summed E-state index contributed by atoms with van der Waals surface area (Å²) in [6.45, 7) is 0.898. The second kappa shape index (κ2) is 9.09. The van der Waals surface area contributed by atoms with Crippen molar-refractivity contribution >= 4 is 29.2 Å². The van der Waals surface area contributed by atoms with Crippen molar-refractivity contribution in [2.75, 3.05) is 30.8 Å². The van der Waals surface area contributed by atoms with Crippen molar-refractivity contribution in [2.45, 2.75) is 12.8 Å². The van der Waals surface area contributed by atoms with E-state index in [0.717, 1.165) is 6.42 Å². The maximum atomic E-state index is 12.5. The molecule has 1 aliphatic rings. The molecule has 1 saturated heterocycles. The highest BCUT2D eigenvalue weighted by Gasteiger charge is 2.27. The van der Waals surface area contributed by atoms with Gasteiger partial charge >= 0.3 is 6.03 Å². The van der Waals surface area contributed by atoms with Gasteiger partial charge in [0.15, 0.2) is 0 Å². The number of hydrogen-bond donors (Lipinski definition) is 3. The van der Waals surface area contributed by atoms with Gasteiger partial charge in [-0.2, -0.15) is 0 Å². The second-order valence-electron chi connectivity index (χ2n) is 6.84. The summed E-state index contributed by atoms with van der Waals surface area (Å²) in [5.41, 5.74) is 6.92. The number of methoxy groups -OCH3 is 1. The Labute approximate surface area is 169 Å². The molecule has 4 N–H and O–H groups in total. The average Bonchev–Trinajstić information content (AvgIpc) is 2.74. The third kappa shape index (κ3) is 5.04. The minimum absolute atomic E-state index is 0.165. The first-order valence-electron chi connectivity index (χ1n) is 9.37. The normalized spacial score (nSPS) is 16.0. The minimum atomic E-state index is -0.507. The van der Waals surface area contributed by atoms with Crippen LogP contribution in [0.2, 0.25) is 0 Å². The summed E-state index contributed by atoms with van der Waals surface area (Å²) in [5, 5.41) is 5.64. The smallest absolute Gasteiger partial charge is 0.314 e. The second-order valence-corrected chi connectivity index (χ2v) is 6.84. The Morgan fingerprint density at radius 3 is 2.48 bits per heavy atom. The molecule has 152 valence electrons. The van der Waals surface area contributed by atoms with Crippen molar-refractivity contribution in [1.29, 1.82) is 0 Å². The molecule has 2 aromatic carbocycles. The molecule has 8 nitrogen and oxygen atoms in total. The van der Waals surface area contributed by atoms with Crippen molar-refractivity contribution in [3.63, 3.8) is 0 Å². The van der Waals surface area contributed by atoms with Crippen LogP contribution in [0.3, 0.4) is 0 Å².